The zero-order chi connectivity index (χ0) is 10.7. The van der Waals surface area contributed by atoms with Gasteiger partial charge in [-0.1, -0.05) is 30.3 Å². The van der Waals surface area contributed by atoms with Crippen LogP contribution in [0.25, 0.3) is 0 Å². The molecule has 80 valence electrons. The fourth-order valence-corrected chi connectivity index (χ4v) is 1.87. The first-order valence-corrected chi connectivity index (χ1v) is 5.18. The smallest absolute Gasteiger partial charge is 0.311 e. The van der Waals surface area contributed by atoms with Gasteiger partial charge in [0.05, 0.1) is 18.6 Å². The molecule has 0 radical (unpaired) electrons. The highest BCUT2D eigenvalue weighted by molar-refractivity contribution is 5.74. The molecule has 1 heterocycles. The number of rotatable bonds is 2. The molecule has 1 aliphatic rings. The molecule has 1 fully saturated rings. The summed E-state index contributed by atoms with van der Waals surface area (Å²) in [4.78, 5) is 11.4. The summed E-state index contributed by atoms with van der Waals surface area (Å²) in [5.74, 6) is -0.682. The van der Waals surface area contributed by atoms with Crippen LogP contribution < -0.4 is 0 Å². The number of hydrogen-bond acceptors (Lipinski definition) is 3. The highest BCUT2D eigenvalue weighted by Gasteiger charge is 2.31. The Labute approximate surface area is 88.7 Å². The second-order valence-corrected chi connectivity index (χ2v) is 3.77. The SMILES string of the molecule is O=C1OCCCC1C(O)c1ccccc1. The van der Waals surface area contributed by atoms with E-state index in [0.29, 0.717) is 13.0 Å². The van der Waals surface area contributed by atoms with Crippen molar-refractivity contribution in [1.82, 2.24) is 0 Å². The zero-order valence-electron chi connectivity index (χ0n) is 8.43. The Morgan fingerprint density at radius 3 is 2.73 bits per heavy atom. The van der Waals surface area contributed by atoms with Gasteiger partial charge in [0.25, 0.3) is 0 Å². The van der Waals surface area contributed by atoms with Crippen molar-refractivity contribution in [3.63, 3.8) is 0 Å². The number of benzene rings is 1. The van der Waals surface area contributed by atoms with E-state index >= 15 is 0 Å². The Balaban J connectivity index is 2.13. The predicted molar refractivity (Wildman–Crippen MR) is 55.1 cm³/mol. The van der Waals surface area contributed by atoms with Crippen molar-refractivity contribution in [2.24, 2.45) is 5.92 Å². The maximum absolute atomic E-state index is 11.4. The van der Waals surface area contributed by atoms with Gasteiger partial charge in [-0.3, -0.25) is 4.79 Å². The molecule has 2 unspecified atom stereocenters. The second kappa shape index (κ2) is 4.45. The summed E-state index contributed by atoms with van der Waals surface area (Å²) in [5.41, 5.74) is 0.779. The number of aliphatic hydroxyl groups is 1. The van der Waals surface area contributed by atoms with E-state index in [4.69, 9.17) is 4.74 Å². The molecule has 0 saturated carbocycles. The number of cyclic esters (lactones) is 1. The summed E-state index contributed by atoms with van der Waals surface area (Å²) in [6, 6.07) is 9.24. The van der Waals surface area contributed by atoms with Crippen LogP contribution in [-0.4, -0.2) is 17.7 Å². The van der Waals surface area contributed by atoms with Crippen molar-refractivity contribution < 1.29 is 14.6 Å². The van der Waals surface area contributed by atoms with Crippen LogP contribution in [-0.2, 0) is 9.53 Å². The van der Waals surface area contributed by atoms with E-state index in [0.717, 1.165) is 12.0 Å². The molecular formula is C12H14O3. The van der Waals surface area contributed by atoms with Gasteiger partial charge in [0, 0.05) is 0 Å². The van der Waals surface area contributed by atoms with Crippen LogP contribution in [0.15, 0.2) is 30.3 Å². The summed E-state index contributed by atoms with van der Waals surface area (Å²) in [6.07, 6.45) is 0.800. The molecule has 1 aliphatic heterocycles. The Morgan fingerprint density at radius 1 is 1.33 bits per heavy atom. The third-order valence-electron chi connectivity index (χ3n) is 2.73. The molecule has 0 spiro atoms. The minimum absolute atomic E-state index is 0.280. The molecule has 0 aromatic heterocycles. The third kappa shape index (κ3) is 2.18. The number of aliphatic hydroxyl groups excluding tert-OH is 1. The van der Waals surface area contributed by atoms with E-state index in [1.165, 1.54) is 0 Å². The molecule has 0 aliphatic carbocycles. The first kappa shape index (κ1) is 10.2. The van der Waals surface area contributed by atoms with E-state index in [-0.39, 0.29) is 5.97 Å². The van der Waals surface area contributed by atoms with Crippen LogP contribution in [0, 0.1) is 5.92 Å². The first-order chi connectivity index (χ1) is 7.29. The number of ether oxygens (including phenoxy) is 1. The molecule has 1 aromatic carbocycles. The van der Waals surface area contributed by atoms with E-state index in [2.05, 4.69) is 0 Å². The largest absolute Gasteiger partial charge is 0.465 e. The molecular weight excluding hydrogens is 192 g/mol. The Kier molecular flexibility index (Phi) is 3.02. The van der Waals surface area contributed by atoms with Gasteiger partial charge in [-0.2, -0.15) is 0 Å². The van der Waals surface area contributed by atoms with Gasteiger partial charge in [-0.25, -0.2) is 0 Å². The van der Waals surface area contributed by atoms with Crippen LogP contribution in [0.4, 0.5) is 0 Å². The Hall–Kier alpha value is -1.35. The predicted octanol–water partition coefficient (Wildman–Crippen LogP) is 1.67. The molecule has 0 bridgehead atoms. The average Bonchev–Trinajstić information content (AvgIpc) is 2.30. The first-order valence-electron chi connectivity index (χ1n) is 5.18. The molecule has 1 aromatic rings. The van der Waals surface area contributed by atoms with E-state index in [1.54, 1.807) is 0 Å². The van der Waals surface area contributed by atoms with Crippen molar-refractivity contribution in [2.45, 2.75) is 18.9 Å². The van der Waals surface area contributed by atoms with Crippen molar-refractivity contribution in [2.75, 3.05) is 6.61 Å². The van der Waals surface area contributed by atoms with E-state index in [1.807, 2.05) is 30.3 Å². The minimum Gasteiger partial charge on any atom is -0.465 e. The topological polar surface area (TPSA) is 46.5 Å². The van der Waals surface area contributed by atoms with Crippen LogP contribution >= 0.6 is 0 Å². The standard InChI is InChI=1S/C12H14O3/c13-11(9-5-2-1-3-6-9)10-7-4-8-15-12(10)14/h1-3,5-6,10-11,13H,4,7-8H2. The fourth-order valence-electron chi connectivity index (χ4n) is 1.87. The maximum atomic E-state index is 11.4. The molecule has 1 saturated heterocycles. The lowest BCUT2D eigenvalue weighted by Gasteiger charge is -2.25. The van der Waals surface area contributed by atoms with Crippen LogP contribution in [0.5, 0.6) is 0 Å². The number of carbonyl (C=O) groups excluding carboxylic acids is 1. The quantitative estimate of drug-likeness (QED) is 0.749. The summed E-state index contributed by atoms with van der Waals surface area (Å²) in [5, 5.41) is 10.0. The van der Waals surface area contributed by atoms with Crippen molar-refractivity contribution in [1.29, 1.82) is 0 Å². The monoisotopic (exact) mass is 206 g/mol. The van der Waals surface area contributed by atoms with Gasteiger partial charge in [-0.05, 0) is 18.4 Å². The molecule has 1 N–H and O–H groups in total. The van der Waals surface area contributed by atoms with Crippen molar-refractivity contribution >= 4 is 5.97 Å². The maximum Gasteiger partial charge on any atom is 0.311 e. The van der Waals surface area contributed by atoms with Gasteiger partial charge >= 0.3 is 5.97 Å². The van der Waals surface area contributed by atoms with Gasteiger partial charge in [0.2, 0.25) is 0 Å². The Bertz CT molecular complexity index is 334. The third-order valence-corrected chi connectivity index (χ3v) is 2.73. The number of hydrogen-bond donors (Lipinski definition) is 1. The summed E-state index contributed by atoms with van der Waals surface area (Å²) < 4.78 is 4.93. The lowest BCUT2D eigenvalue weighted by Crippen LogP contribution is -2.29. The van der Waals surface area contributed by atoms with Crippen LogP contribution in [0.3, 0.4) is 0 Å². The lowest BCUT2D eigenvalue weighted by atomic mass is 9.90. The lowest BCUT2D eigenvalue weighted by molar-refractivity contribution is -0.158. The highest BCUT2D eigenvalue weighted by atomic mass is 16.5. The van der Waals surface area contributed by atoms with Gasteiger partial charge in [-0.15, -0.1) is 0 Å². The average molecular weight is 206 g/mol. The summed E-state index contributed by atoms with van der Waals surface area (Å²) in [7, 11) is 0. The number of esters is 1. The van der Waals surface area contributed by atoms with Crippen molar-refractivity contribution in [3.8, 4) is 0 Å². The summed E-state index contributed by atoms with van der Waals surface area (Å²) in [6.45, 7) is 0.483. The van der Waals surface area contributed by atoms with Gasteiger partial charge < -0.3 is 9.84 Å². The molecule has 3 heteroatoms. The molecule has 0 amide bonds. The minimum atomic E-state index is -0.737. The van der Waals surface area contributed by atoms with E-state index < -0.39 is 12.0 Å². The molecule has 2 atom stereocenters. The zero-order valence-corrected chi connectivity index (χ0v) is 8.43. The van der Waals surface area contributed by atoms with Crippen LogP contribution in [0.2, 0.25) is 0 Å². The van der Waals surface area contributed by atoms with Gasteiger partial charge in [0.1, 0.15) is 0 Å². The van der Waals surface area contributed by atoms with Crippen LogP contribution in [0.1, 0.15) is 24.5 Å². The highest BCUT2D eigenvalue weighted by Crippen LogP contribution is 2.29. The molecule has 2 rings (SSSR count). The summed E-state index contributed by atoms with van der Waals surface area (Å²) >= 11 is 0. The normalized spacial score (nSPS) is 23.3. The number of carbonyl (C=O) groups is 1. The second-order valence-electron chi connectivity index (χ2n) is 3.77. The molecule has 15 heavy (non-hydrogen) atoms. The fraction of sp³-hybridized carbons (Fsp3) is 0.417. The van der Waals surface area contributed by atoms with E-state index in [9.17, 15) is 9.90 Å². The van der Waals surface area contributed by atoms with Crippen molar-refractivity contribution in [3.05, 3.63) is 35.9 Å². The Morgan fingerprint density at radius 2 is 2.07 bits per heavy atom. The van der Waals surface area contributed by atoms with Gasteiger partial charge in [0.15, 0.2) is 0 Å². The molecule has 3 nitrogen and oxygen atoms in total.